The maximum absolute atomic E-state index is 11.2. The minimum atomic E-state index is -0.819. The van der Waals surface area contributed by atoms with Crippen LogP contribution in [0.25, 0.3) is 0 Å². The number of rotatable bonds is 3. The zero-order valence-corrected chi connectivity index (χ0v) is 9.84. The summed E-state index contributed by atoms with van der Waals surface area (Å²) in [5.74, 6) is -0.819. The van der Waals surface area contributed by atoms with Crippen LogP contribution in [0.4, 0.5) is 0 Å². The van der Waals surface area contributed by atoms with Crippen molar-refractivity contribution in [3.8, 4) is 0 Å². The Kier molecular flexibility index (Phi) is 3.45. The van der Waals surface area contributed by atoms with Gasteiger partial charge in [-0.15, -0.1) is 0 Å². The van der Waals surface area contributed by atoms with E-state index in [-0.39, 0.29) is 0 Å². The van der Waals surface area contributed by atoms with Gasteiger partial charge in [-0.3, -0.25) is 9.69 Å². The van der Waals surface area contributed by atoms with E-state index < -0.39 is 18.1 Å². The average molecular weight is 235 g/mol. The summed E-state index contributed by atoms with van der Waals surface area (Å²) >= 11 is 0. The summed E-state index contributed by atoms with van der Waals surface area (Å²) in [6.45, 7) is 2.67. The smallest absolute Gasteiger partial charge is 0.321 e. The molecule has 2 atom stereocenters. The maximum Gasteiger partial charge on any atom is 0.321 e. The second-order valence-corrected chi connectivity index (χ2v) is 4.61. The van der Waals surface area contributed by atoms with Crippen LogP contribution >= 0.6 is 0 Å². The third-order valence-corrected chi connectivity index (χ3v) is 3.13. The number of carboxylic acids is 1. The number of benzene rings is 1. The second kappa shape index (κ2) is 4.85. The lowest BCUT2D eigenvalue weighted by atomic mass is 9.94. The van der Waals surface area contributed by atoms with E-state index >= 15 is 0 Å². The quantitative estimate of drug-likeness (QED) is 0.816. The fourth-order valence-corrected chi connectivity index (χ4v) is 2.35. The summed E-state index contributed by atoms with van der Waals surface area (Å²) in [5.41, 5.74) is 2.26. The number of carboxylic acid groups (broad SMARTS) is 1. The Morgan fingerprint density at radius 2 is 2.12 bits per heavy atom. The van der Waals surface area contributed by atoms with Gasteiger partial charge in [0.1, 0.15) is 6.04 Å². The summed E-state index contributed by atoms with van der Waals surface area (Å²) in [5, 5.41) is 18.6. The van der Waals surface area contributed by atoms with E-state index in [0.717, 1.165) is 11.1 Å². The van der Waals surface area contributed by atoms with Gasteiger partial charge >= 0.3 is 5.97 Å². The Labute approximate surface area is 100 Å². The summed E-state index contributed by atoms with van der Waals surface area (Å²) < 4.78 is 0. The van der Waals surface area contributed by atoms with Crippen LogP contribution in [0.5, 0.6) is 0 Å². The molecule has 0 saturated carbocycles. The van der Waals surface area contributed by atoms with Crippen molar-refractivity contribution in [2.75, 3.05) is 6.54 Å². The highest BCUT2D eigenvalue weighted by Gasteiger charge is 2.31. The number of β-amino-alcohol motifs (C(OH)–C–C–N with tert-alkyl or cyclic N) is 1. The van der Waals surface area contributed by atoms with Crippen molar-refractivity contribution in [1.29, 1.82) is 0 Å². The number of aliphatic hydroxyl groups excluding tert-OH is 1. The molecule has 0 aromatic heterocycles. The van der Waals surface area contributed by atoms with Crippen molar-refractivity contribution >= 4 is 5.97 Å². The SMILES string of the molecule is CC(O)CN1Cc2ccccc2C[C@H]1C(=O)O. The number of hydrogen-bond acceptors (Lipinski definition) is 3. The number of aliphatic hydroxyl groups is 1. The molecule has 0 aliphatic carbocycles. The first kappa shape index (κ1) is 12.1. The molecule has 1 aromatic rings. The molecule has 0 spiro atoms. The van der Waals surface area contributed by atoms with E-state index in [2.05, 4.69) is 0 Å². The molecule has 1 aliphatic heterocycles. The van der Waals surface area contributed by atoms with Crippen molar-refractivity contribution < 1.29 is 15.0 Å². The lowest BCUT2D eigenvalue weighted by Crippen LogP contribution is -2.48. The van der Waals surface area contributed by atoms with Crippen molar-refractivity contribution in [2.24, 2.45) is 0 Å². The van der Waals surface area contributed by atoms with Gasteiger partial charge in [-0.25, -0.2) is 0 Å². The van der Waals surface area contributed by atoms with E-state index in [4.69, 9.17) is 0 Å². The number of nitrogens with zero attached hydrogens (tertiary/aromatic N) is 1. The Morgan fingerprint density at radius 1 is 1.47 bits per heavy atom. The first-order valence-electron chi connectivity index (χ1n) is 5.79. The van der Waals surface area contributed by atoms with Crippen molar-refractivity contribution in [2.45, 2.75) is 32.0 Å². The van der Waals surface area contributed by atoms with Gasteiger partial charge in [0.05, 0.1) is 6.10 Å². The third kappa shape index (κ3) is 2.65. The Bertz CT molecular complexity index is 417. The largest absolute Gasteiger partial charge is 0.480 e. The summed E-state index contributed by atoms with van der Waals surface area (Å²) in [6, 6.07) is 7.36. The van der Waals surface area contributed by atoms with Crippen LogP contribution in [0.2, 0.25) is 0 Å². The minimum Gasteiger partial charge on any atom is -0.480 e. The van der Waals surface area contributed by atoms with Crippen molar-refractivity contribution in [1.82, 2.24) is 4.90 Å². The van der Waals surface area contributed by atoms with Crippen LogP contribution in [-0.2, 0) is 17.8 Å². The minimum absolute atomic E-state index is 0.394. The van der Waals surface area contributed by atoms with Crippen LogP contribution < -0.4 is 0 Å². The van der Waals surface area contributed by atoms with Crippen LogP contribution in [0.1, 0.15) is 18.1 Å². The van der Waals surface area contributed by atoms with Crippen LogP contribution in [0, 0.1) is 0 Å². The molecule has 4 heteroatoms. The molecule has 0 amide bonds. The van der Waals surface area contributed by atoms with Crippen LogP contribution in [-0.4, -0.2) is 39.8 Å². The zero-order valence-electron chi connectivity index (χ0n) is 9.84. The Hall–Kier alpha value is -1.39. The molecule has 17 heavy (non-hydrogen) atoms. The molecule has 0 saturated heterocycles. The number of carbonyl (C=O) groups is 1. The van der Waals surface area contributed by atoms with Crippen LogP contribution in [0.3, 0.4) is 0 Å². The maximum atomic E-state index is 11.2. The molecule has 0 bridgehead atoms. The highest BCUT2D eigenvalue weighted by molar-refractivity contribution is 5.74. The summed E-state index contributed by atoms with van der Waals surface area (Å²) in [4.78, 5) is 13.1. The molecule has 0 radical (unpaired) electrons. The number of aliphatic carboxylic acids is 1. The Balaban J connectivity index is 2.24. The predicted octanol–water partition coefficient (Wildman–Crippen LogP) is 0.879. The number of hydrogen-bond donors (Lipinski definition) is 2. The van der Waals surface area contributed by atoms with Gasteiger partial charge in [-0.2, -0.15) is 0 Å². The molecule has 1 heterocycles. The molecule has 1 aliphatic rings. The molecule has 0 fully saturated rings. The molecule has 1 aromatic carbocycles. The molecular formula is C13H17NO3. The average Bonchev–Trinajstić information content (AvgIpc) is 2.27. The normalized spacial score (nSPS) is 21.9. The zero-order chi connectivity index (χ0) is 12.4. The van der Waals surface area contributed by atoms with E-state index in [0.29, 0.717) is 19.5 Å². The van der Waals surface area contributed by atoms with Gasteiger partial charge in [0.25, 0.3) is 0 Å². The molecular weight excluding hydrogens is 218 g/mol. The standard InChI is InChI=1S/C13H17NO3/c1-9(15)7-14-8-11-5-3-2-4-10(11)6-12(14)13(16)17/h2-5,9,12,15H,6-8H2,1H3,(H,16,17)/t9?,12-/m0/s1. The van der Waals surface area contributed by atoms with Gasteiger partial charge in [0.2, 0.25) is 0 Å². The molecule has 92 valence electrons. The first-order valence-corrected chi connectivity index (χ1v) is 5.79. The van der Waals surface area contributed by atoms with Crippen LogP contribution in [0.15, 0.2) is 24.3 Å². The predicted molar refractivity (Wildman–Crippen MR) is 63.7 cm³/mol. The fraction of sp³-hybridized carbons (Fsp3) is 0.462. The lowest BCUT2D eigenvalue weighted by molar-refractivity contribution is -0.144. The van der Waals surface area contributed by atoms with Crippen molar-refractivity contribution in [3.63, 3.8) is 0 Å². The highest BCUT2D eigenvalue weighted by atomic mass is 16.4. The van der Waals surface area contributed by atoms with Gasteiger partial charge in [-0.1, -0.05) is 24.3 Å². The van der Waals surface area contributed by atoms with E-state index in [9.17, 15) is 15.0 Å². The van der Waals surface area contributed by atoms with Gasteiger partial charge < -0.3 is 10.2 Å². The van der Waals surface area contributed by atoms with Gasteiger partial charge in [0, 0.05) is 13.1 Å². The lowest BCUT2D eigenvalue weighted by Gasteiger charge is -2.35. The summed E-state index contributed by atoms with van der Waals surface area (Å²) in [6.07, 6.45) is 0.000197. The van der Waals surface area contributed by atoms with Crippen molar-refractivity contribution in [3.05, 3.63) is 35.4 Å². The monoisotopic (exact) mass is 235 g/mol. The third-order valence-electron chi connectivity index (χ3n) is 3.13. The fourth-order valence-electron chi connectivity index (χ4n) is 2.35. The molecule has 4 nitrogen and oxygen atoms in total. The molecule has 2 rings (SSSR count). The molecule has 1 unspecified atom stereocenters. The van der Waals surface area contributed by atoms with Gasteiger partial charge in [0.15, 0.2) is 0 Å². The topological polar surface area (TPSA) is 60.8 Å². The number of fused-ring (bicyclic) bond motifs is 1. The second-order valence-electron chi connectivity index (χ2n) is 4.61. The first-order chi connectivity index (χ1) is 8.08. The van der Waals surface area contributed by atoms with E-state index in [1.807, 2.05) is 29.2 Å². The highest BCUT2D eigenvalue weighted by Crippen LogP contribution is 2.23. The summed E-state index contributed by atoms with van der Waals surface area (Å²) in [7, 11) is 0. The Morgan fingerprint density at radius 3 is 2.71 bits per heavy atom. The molecule has 2 N–H and O–H groups in total. The van der Waals surface area contributed by atoms with E-state index in [1.165, 1.54) is 0 Å². The van der Waals surface area contributed by atoms with Gasteiger partial charge in [-0.05, 0) is 24.5 Å². The van der Waals surface area contributed by atoms with E-state index in [1.54, 1.807) is 6.92 Å².